The van der Waals surface area contributed by atoms with E-state index >= 15 is 0 Å². The second kappa shape index (κ2) is 8.35. The van der Waals surface area contributed by atoms with Crippen molar-refractivity contribution in [2.24, 2.45) is 16.9 Å². The molecule has 0 saturated carbocycles. The van der Waals surface area contributed by atoms with Gasteiger partial charge in [0.05, 0.1) is 23.4 Å². The molecule has 10 heteroatoms. The van der Waals surface area contributed by atoms with Crippen molar-refractivity contribution in [3.63, 3.8) is 0 Å². The van der Waals surface area contributed by atoms with Crippen molar-refractivity contribution in [3.05, 3.63) is 46.5 Å². The van der Waals surface area contributed by atoms with Crippen LogP contribution in [-0.2, 0) is 4.74 Å². The van der Waals surface area contributed by atoms with Gasteiger partial charge in [0.1, 0.15) is 10.8 Å². The summed E-state index contributed by atoms with van der Waals surface area (Å²) in [6, 6.07) is 1.57. The Bertz CT molecular complexity index is 1040. The average molecular weight is 463 g/mol. The summed E-state index contributed by atoms with van der Waals surface area (Å²) in [7, 11) is 0. The van der Waals surface area contributed by atoms with Gasteiger partial charge in [-0.05, 0) is 25.8 Å². The van der Waals surface area contributed by atoms with Crippen LogP contribution in [0.5, 0.6) is 0 Å². The van der Waals surface area contributed by atoms with Crippen molar-refractivity contribution in [1.29, 1.82) is 0 Å². The monoisotopic (exact) mass is 462 g/mol. The van der Waals surface area contributed by atoms with Gasteiger partial charge in [-0.25, -0.2) is 15.0 Å². The minimum absolute atomic E-state index is 0.0851. The van der Waals surface area contributed by atoms with E-state index in [1.165, 1.54) is 6.20 Å². The maximum atomic E-state index is 12.3. The van der Waals surface area contributed by atoms with E-state index in [2.05, 4.69) is 21.5 Å². The summed E-state index contributed by atoms with van der Waals surface area (Å²) >= 11 is 12.4. The SMILES string of the molecule is C=C[C@@H]1OCC2(CCN(c3nc(C)c(-c4ccnc(Cl)c4Cl)c(C(N)=O)n3)CC2)[C@@H]1N. The number of pyridine rings is 1. The van der Waals surface area contributed by atoms with Crippen LogP contribution in [0.3, 0.4) is 0 Å². The topological polar surface area (TPSA) is 120 Å². The van der Waals surface area contributed by atoms with E-state index in [-0.39, 0.29) is 33.4 Å². The van der Waals surface area contributed by atoms with Gasteiger partial charge in [0.2, 0.25) is 5.95 Å². The maximum Gasteiger partial charge on any atom is 0.268 e. The van der Waals surface area contributed by atoms with E-state index in [1.54, 1.807) is 19.1 Å². The molecular weight excluding hydrogens is 439 g/mol. The molecule has 0 aromatic carbocycles. The molecule has 1 spiro atoms. The van der Waals surface area contributed by atoms with E-state index in [0.29, 0.717) is 42.5 Å². The molecule has 164 valence electrons. The first kappa shape index (κ1) is 22.0. The van der Waals surface area contributed by atoms with E-state index in [9.17, 15) is 4.79 Å². The third-order valence-corrected chi connectivity index (χ3v) is 7.09. The zero-order chi connectivity index (χ0) is 22.3. The number of amides is 1. The molecule has 0 bridgehead atoms. The first-order chi connectivity index (χ1) is 14.8. The summed E-state index contributed by atoms with van der Waals surface area (Å²) in [5.74, 6) is -0.215. The Kier molecular flexibility index (Phi) is 5.91. The van der Waals surface area contributed by atoms with Crippen molar-refractivity contribution in [2.45, 2.75) is 31.9 Å². The van der Waals surface area contributed by atoms with E-state index < -0.39 is 5.91 Å². The molecule has 4 N–H and O–H groups in total. The van der Waals surface area contributed by atoms with Crippen LogP contribution in [0.15, 0.2) is 24.9 Å². The minimum atomic E-state index is -0.667. The van der Waals surface area contributed by atoms with Gasteiger partial charge in [-0.2, -0.15) is 0 Å². The highest BCUT2D eigenvalue weighted by Crippen LogP contribution is 2.42. The van der Waals surface area contributed by atoms with Crippen molar-refractivity contribution in [1.82, 2.24) is 15.0 Å². The molecule has 8 nitrogen and oxygen atoms in total. The number of aryl methyl sites for hydroxylation is 1. The Morgan fingerprint density at radius 2 is 2.06 bits per heavy atom. The van der Waals surface area contributed by atoms with Crippen LogP contribution >= 0.6 is 23.2 Å². The number of hydrogen-bond acceptors (Lipinski definition) is 7. The molecule has 2 fully saturated rings. The highest BCUT2D eigenvalue weighted by molar-refractivity contribution is 6.43. The Morgan fingerprint density at radius 3 is 2.68 bits per heavy atom. The lowest BCUT2D eigenvalue weighted by atomic mass is 9.73. The summed E-state index contributed by atoms with van der Waals surface area (Å²) in [4.78, 5) is 27.4. The third-order valence-electron chi connectivity index (χ3n) is 6.33. The quantitative estimate of drug-likeness (QED) is 0.529. The number of carbonyl (C=O) groups excluding carboxylic acids is 1. The zero-order valence-corrected chi connectivity index (χ0v) is 18.7. The Morgan fingerprint density at radius 1 is 1.35 bits per heavy atom. The Hall–Kier alpha value is -2.26. The number of halogens is 2. The van der Waals surface area contributed by atoms with Gasteiger partial charge >= 0.3 is 0 Å². The van der Waals surface area contributed by atoms with Crippen LogP contribution in [0.1, 0.15) is 29.0 Å². The summed E-state index contributed by atoms with van der Waals surface area (Å²) in [5.41, 5.74) is 13.7. The molecule has 0 unspecified atom stereocenters. The predicted octanol–water partition coefficient (Wildman–Crippen LogP) is 2.75. The molecule has 0 radical (unpaired) electrons. The zero-order valence-electron chi connectivity index (χ0n) is 17.1. The lowest BCUT2D eigenvalue weighted by molar-refractivity contribution is 0.0996. The highest BCUT2D eigenvalue weighted by Gasteiger charge is 2.48. The number of hydrogen-bond donors (Lipinski definition) is 2. The van der Waals surface area contributed by atoms with E-state index in [0.717, 1.165) is 12.8 Å². The van der Waals surface area contributed by atoms with Crippen molar-refractivity contribution in [3.8, 4) is 11.1 Å². The average Bonchev–Trinajstić information content (AvgIpc) is 3.05. The molecule has 2 aromatic heterocycles. The van der Waals surface area contributed by atoms with Crippen LogP contribution in [0.25, 0.3) is 11.1 Å². The van der Waals surface area contributed by atoms with Crippen LogP contribution in [0, 0.1) is 12.3 Å². The number of primary amides is 1. The fourth-order valence-electron chi connectivity index (χ4n) is 4.47. The molecule has 2 atom stereocenters. The summed E-state index contributed by atoms with van der Waals surface area (Å²) in [5, 5.41) is 0.352. The maximum absolute atomic E-state index is 12.3. The molecular formula is C21H24Cl2N6O2. The third kappa shape index (κ3) is 3.78. The lowest BCUT2D eigenvalue weighted by Gasteiger charge is -2.41. The first-order valence-corrected chi connectivity index (χ1v) is 10.8. The molecule has 2 aliphatic rings. The fourth-order valence-corrected chi connectivity index (χ4v) is 4.83. The number of nitrogens with two attached hydrogens (primary N) is 2. The smallest absolute Gasteiger partial charge is 0.268 e. The largest absolute Gasteiger partial charge is 0.372 e. The first-order valence-electron chi connectivity index (χ1n) is 10.0. The summed E-state index contributed by atoms with van der Waals surface area (Å²) in [6.45, 7) is 7.61. The second-order valence-electron chi connectivity index (χ2n) is 8.05. The van der Waals surface area contributed by atoms with Crippen LogP contribution in [0.4, 0.5) is 5.95 Å². The molecule has 2 saturated heterocycles. The molecule has 2 aliphatic heterocycles. The number of nitrogens with zero attached hydrogens (tertiary/aromatic N) is 4. The molecule has 2 aromatic rings. The molecule has 1 amide bonds. The van der Waals surface area contributed by atoms with Gasteiger partial charge in [-0.3, -0.25) is 4.79 Å². The van der Waals surface area contributed by atoms with Gasteiger partial charge in [-0.1, -0.05) is 29.3 Å². The molecule has 4 rings (SSSR count). The van der Waals surface area contributed by atoms with E-state index in [4.69, 9.17) is 39.4 Å². The fraction of sp³-hybridized carbons (Fsp3) is 0.429. The van der Waals surface area contributed by atoms with E-state index in [1.807, 2.05) is 4.90 Å². The second-order valence-corrected chi connectivity index (χ2v) is 8.78. The standard InChI is InChI=1S/C21H24Cl2N6O2/c1-3-13-17(24)21(10-31-13)5-8-29(9-6-21)20-27-11(2)14(16(28-20)19(25)30)12-4-7-26-18(23)15(12)22/h3-4,7,13,17H,1,5-6,8-10,24H2,2H3,(H2,25,30)/t13-,17+/m0/s1. The predicted molar refractivity (Wildman–Crippen MR) is 120 cm³/mol. The summed E-state index contributed by atoms with van der Waals surface area (Å²) < 4.78 is 5.82. The number of carbonyl (C=O) groups is 1. The van der Waals surface area contributed by atoms with Crippen molar-refractivity contribution < 1.29 is 9.53 Å². The number of aromatic nitrogens is 3. The minimum Gasteiger partial charge on any atom is -0.372 e. The van der Waals surface area contributed by atoms with Crippen LogP contribution in [-0.4, -0.2) is 52.7 Å². The molecule has 4 heterocycles. The van der Waals surface area contributed by atoms with Crippen LogP contribution in [0.2, 0.25) is 10.2 Å². The Balaban J connectivity index is 1.65. The van der Waals surface area contributed by atoms with Gasteiger partial charge in [0.15, 0.2) is 0 Å². The van der Waals surface area contributed by atoms with Crippen LogP contribution < -0.4 is 16.4 Å². The summed E-state index contributed by atoms with van der Waals surface area (Å²) in [6.07, 6.45) is 4.82. The van der Waals surface area contributed by atoms with Gasteiger partial charge < -0.3 is 21.1 Å². The Labute approximate surface area is 190 Å². The molecule has 0 aliphatic carbocycles. The number of rotatable bonds is 4. The number of anilines is 1. The number of piperidine rings is 1. The lowest BCUT2D eigenvalue weighted by Crippen LogP contribution is -2.51. The van der Waals surface area contributed by atoms with Gasteiger partial charge in [0.25, 0.3) is 5.91 Å². The number of ether oxygens (including phenoxy) is 1. The normalized spacial score (nSPS) is 22.6. The highest BCUT2D eigenvalue weighted by atomic mass is 35.5. The van der Waals surface area contributed by atoms with Gasteiger partial charge in [0, 0.05) is 41.9 Å². The molecule has 31 heavy (non-hydrogen) atoms. The van der Waals surface area contributed by atoms with Crippen molar-refractivity contribution in [2.75, 3.05) is 24.6 Å². The van der Waals surface area contributed by atoms with Crippen molar-refractivity contribution >= 4 is 35.1 Å². The van der Waals surface area contributed by atoms with Gasteiger partial charge in [-0.15, -0.1) is 6.58 Å².